The van der Waals surface area contributed by atoms with Gasteiger partial charge in [0.15, 0.2) is 0 Å². The molecule has 9 nitrogen and oxygen atoms in total. The van der Waals surface area contributed by atoms with Gasteiger partial charge >= 0.3 is 0 Å². The third-order valence-corrected chi connectivity index (χ3v) is 9.81. The summed E-state index contributed by atoms with van der Waals surface area (Å²) in [6.07, 6.45) is 7.17. The van der Waals surface area contributed by atoms with E-state index in [2.05, 4.69) is 10.0 Å². The van der Waals surface area contributed by atoms with Crippen LogP contribution in [0.4, 0.5) is 0 Å². The molecule has 178 valence electrons. The van der Waals surface area contributed by atoms with E-state index in [9.17, 15) is 27.9 Å². The molecule has 0 aromatic rings. The van der Waals surface area contributed by atoms with Crippen molar-refractivity contribution in [3.8, 4) is 0 Å². The predicted octanol–water partition coefficient (Wildman–Crippen LogP) is 0.445. The molecule has 3 amide bonds. The van der Waals surface area contributed by atoms with Crippen molar-refractivity contribution in [3.63, 3.8) is 0 Å². The molecule has 3 saturated carbocycles. The molecule has 3 N–H and O–H groups in total. The zero-order chi connectivity index (χ0) is 23.3. The Balaban J connectivity index is 1.59. The number of carbonyl (C=O) groups excluding carboxylic acids is 3. The number of fused-ring (bicyclic) bond motifs is 2. The highest BCUT2D eigenvalue weighted by atomic mass is 32.2. The highest BCUT2D eigenvalue weighted by Gasteiger charge is 2.63. The van der Waals surface area contributed by atoms with Crippen LogP contribution in [0, 0.1) is 17.8 Å². The van der Waals surface area contributed by atoms with Crippen molar-refractivity contribution in [2.24, 2.45) is 17.8 Å². The fraction of sp³-hybridized carbons (Fsp3) is 0.773. The van der Waals surface area contributed by atoms with Crippen LogP contribution in [-0.4, -0.2) is 66.1 Å². The van der Waals surface area contributed by atoms with Crippen molar-refractivity contribution in [2.45, 2.75) is 74.7 Å². The van der Waals surface area contributed by atoms with Crippen molar-refractivity contribution < 1.29 is 27.9 Å². The van der Waals surface area contributed by atoms with Crippen LogP contribution in [-0.2, 0) is 24.4 Å². The second kappa shape index (κ2) is 8.13. The molecule has 1 unspecified atom stereocenters. The average Bonchev–Trinajstić information content (AvgIpc) is 3.60. The number of rotatable bonds is 3. The number of nitrogens with zero attached hydrogens (tertiary/aromatic N) is 1. The number of amides is 3. The molecule has 0 saturated heterocycles. The topological polar surface area (TPSA) is 133 Å². The zero-order valence-electron chi connectivity index (χ0n) is 18.7. The molecular formula is C22H33N3O6S. The van der Waals surface area contributed by atoms with Gasteiger partial charge in [0.25, 0.3) is 5.91 Å². The third kappa shape index (κ3) is 4.19. The van der Waals surface area contributed by atoms with Gasteiger partial charge in [0.1, 0.15) is 5.54 Å². The van der Waals surface area contributed by atoms with Gasteiger partial charge < -0.3 is 15.3 Å². The Morgan fingerprint density at radius 3 is 2.59 bits per heavy atom. The minimum Gasteiger partial charge on any atom is -0.393 e. The van der Waals surface area contributed by atoms with E-state index in [1.807, 2.05) is 12.2 Å². The predicted molar refractivity (Wildman–Crippen MR) is 117 cm³/mol. The number of hydrogen-bond donors (Lipinski definition) is 3. The Morgan fingerprint density at radius 1 is 1.22 bits per heavy atom. The van der Waals surface area contributed by atoms with Gasteiger partial charge in [-0.1, -0.05) is 12.2 Å². The highest BCUT2D eigenvalue weighted by Crippen LogP contribution is 2.48. The van der Waals surface area contributed by atoms with Gasteiger partial charge in [-0.25, -0.2) is 8.42 Å². The Labute approximate surface area is 189 Å². The standard InChI is InChI=1S/C22H33N3O6S/c1-21(8-9-21)32(30,31)24-20(29)22-13-14(22)7-5-3-4-6-10-25(2)19(28)17-12-15(26)11-16(17)18(27)23-22/h5,7,14-17,26H,3-4,6,8-13H2,1-2H3,(H,23,27)(H,24,29)/b7-5-/t14?,15-,16-,17-,22-/m1/s1. The number of aliphatic hydroxyl groups is 1. The Kier molecular flexibility index (Phi) is 5.90. The quantitative estimate of drug-likeness (QED) is 0.516. The molecule has 0 spiro atoms. The van der Waals surface area contributed by atoms with Gasteiger partial charge in [0, 0.05) is 19.5 Å². The summed E-state index contributed by atoms with van der Waals surface area (Å²) in [6, 6.07) is 0. The second-order valence-corrected chi connectivity index (χ2v) is 12.4. The van der Waals surface area contributed by atoms with Gasteiger partial charge in [-0.2, -0.15) is 0 Å². The van der Waals surface area contributed by atoms with Gasteiger partial charge in [-0.3, -0.25) is 19.1 Å². The molecule has 0 bridgehead atoms. The number of aliphatic hydroxyl groups excluding tert-OH is 1. The smallest absolute Gasteiger partial charge is 0.259 e. The summed E-state index contributed by atoms with van der Waals surface area (Å²) in [5.41, 5.74) is -1.34. The minimum atomic E-state index is -3.84. The molecule has 10 heteroatoms. The van der Waals surface area contributed by atoms with E-state index in [0.717, 1.165) is 19.3 Å². The van der Waals surface area contributed by atoms with Gasteiger partial charge in [-0.05, 0) is 58.3 Å². The van der Waals surface area contributed by atoms with E-state index in [1.165, 1.54) is 0 Å². The monoisotopic (exact) mass is 467 g/mol. The number of allylic oxidation sites excluding steroid dienone is 1. The Morgan fingerprint density at radius 2 is 1.91 bits per heavy atom. The summed E-state index contributed by atoms with van der Waals surface area (Å²) < 4.78 is 26.5. The van der Waals surface area contributed by atoms with Gasteiger partial charge in [0.2, 0.25) is 21.8 Å². The van der Waals surface area contributed by atoms with Crippen LogP contribution in [0.1, 0.15) is 58.3 Å². The van der Waals surface area contributed by atoms with Crippen molar-refractivity contribution in [1.82, 2.24) is 14.9 Å². The fourth-order valence-electron chi connectivity index (χ4n) is 4.91. The molecule has 4 rings (SSSR count). The molecule has 0 aromatic heterocycles. The first kappa shape index (κ1) is 23.2. The van der Waals surface area contributed by atoms with Crippen molar-refractivity contribution in [3.05, 3.63) is 12.2 Å². The van der Waals surface area contributed by atoms with Crippen LogP contribution >= 0.6 is 0 Å². The summed E-state index contributed by atoms with van der Waals surface area (Å²) in [7, 11) is -2.14. The first-order chi connectivity index (χ1) is 15.0. The van der Waals surface area contributed by atoms with Crippen LogP contribution in [0.5, 0.6) is 0 Å². The van der Waals surface area contributed by atoms with Crippen LogP contribution < -0.4 is 10.0 Å². The molecule has 5 atom stereocenters. The molecular weight excluding hydrogens is 434 g/mol. The van der Waals surface area contributed by atoms with E-state index in [-0.39, 0.29) is 24.7 Å². The van der Waals surface area contributed by atoms with E-state index in [4.69, 9.17) is 0 Å². The molecule has 32 heavy (non-hydrogen) atoms. The first-order valence-electron chi connectivity index (χ1n) is 11.5. The average molecular weight is 468 g/mol. The molecule has 0 radical (unpaired) electrons. The Bertz CT molecular complexity index is 943. The number of carbonyl (C=O) groups is 3. The van der Waals surface area contributed by atoms with E-state index < -0.39 is 50.1 Å². The highest BCUT2D eigenvalue weighted by molar-refractivity contribution is 7.91. The molecule has 1 aliphatic heterocycles. The molecule has 1 heterocycles. The van der Waals surface area contributed by atoms with Crippen molar-refractivity contribution in [2.75, 3.05) is 13.6 Å². The Hall–Kier alpha value is -1.94. The maximum atomic E-state index is 13.2. The normalized spacial score (nSPS) is 38.0. The van der Waals surface area contributed by atoms with Crippen molar-refractivity contribution in [1.29, 1.82) is 0 Å². The zero-order valence-corrected chi connectivity index (χ0v) is 19.5. The minimum absolute atomic E-state index is 0.144. The molecule has 4 aliphatic rings. The summed E-state index contributed by atoms with van der Waals surface area (Å²) in [5, 5.41) is 13.0. The second-order valence-electron chi connectivity index (χ2n) is 10.2. The number of hydrogen-bond acceptors (Lipinski definition) is 6. The van der Waals surface area contributed by atoms with E-state index >= 15 is 0 Å². The van der Waals surface area contributed by atoms with E-state index in [1.54, 1.807) is 18.9 Å². The third-order valence-electron chi connectivity index (χ3n) is 7.65. The van der Waals surface area contributed by atoms with Crippen LogP contribution in [0.25, 0.3) is 0 Å². The van der Waals surface area contributed by atoms with Crippen LogP contribution in [0.3, 0.4) is 0 Å². The lowest BCUT2D eigenvalue weighted by Crippen LogP contribution is -2.55. The van der Waals surface area contributed by atoms with Crippen LogP contribution in [0.2, 0.25) is 0 Å². The van der Waals surface area contributed by atoms with Crippen LogP contribution in [0.15, 0.2) is 12.2 Å². The maximum absolute atomic E-state index is 13.2. The molecule has 0 aromatic carbocycles. The maximum Gasteiger partial charge on any atom is 0.259 e. The fourth-order valence-corrected chi connectivity index (χ4v) is 6.23. The number of sulfonamides is 1. The lowest BCUT2D eigenvalue weighted by molar-refractivity contribution is -0.140. The van der Waals surface area contributed by atoms with Crippen molar-refractivity contribution >= 4 is 27.7 Å². The first-order valence-corrected chi connectivity index (χ1v) is 13.0. The molecule has 3 aliphatic carbocycles. The molecule has 3 fully saturated rings. The van der Waals surface area contributed by atoms with Gasteiger partial charge in [-0.15, -0.1) is 0 Å². The largest absolute Gasteiger partial charge is 0.393 e. The summed E-state index contributed by atoms with van der Waals surface area (Å²) >= 11 is 0. The lowest BCUT2D eigenvalue weighted by Gasteiger charge is -2.27. The summed E-state index contributed by atoms with van der Waals surface area (Å²) in [6.45, 7) is 2.18. The lowest BCUT2D eigenvalue weighted by atomic mass is 9.93. The van der Waals surface area contributed by atoms with E-state index in [0.29, 0.717) is 25.8 Å². The number of nitrogens with one attached hydrogen (secondary N) is 2. The summed E-state index contributed by atoms with van der Waals surface area (Å²) in [4.78, 5) is 41.0. The summed E-state index contributed by atoms with van der Waals surface area (Å²) in [5.74, 6) is -3.09. The SMILES string of the molecule is CN1CCCC/C=C\C2C[C@@]2(C(=O)NS(=O)(=O)C2(C)CC2)NC(=O)[C@@H]2C[C@@H](O)C[C@H]2C1=O. The van der Waals surface area contributed by atoms with Gasteiger partial charge in [0.05, 0.1) is 22.7 Å².